The first-order valence-electron chi connectivity index (χ1n) is 9.03. The lowest BCUT2D eigenvalue weighted by Gasteiger charge is -2.28. The second-order valence-electron chi connectivity index (χ2n) is 6.93. The van der Waals surface area contributed by atoms with Crippen molar-refractivity contribution < 1.29 is 0 Å². The van der Waals surface area contributed by atoms with Gasteiger partial charge >= 0.3 is 0 Å². The van der Waals surface area contributed by atoms with E-state index in [2.05, 4.69) is 54.0 Å². The fourth-order valence-electron chi connectivity index (χ4n) is 3.58. The maximum Gasteiger partial charge on any atom is 0.125 e. The minimum Gasteiger partial charge on any atom is -0.354 e. The Morgan fingerprint density at radius 3 is 2.72 bits per heavy atom. The molecule has 3 nitrogen and oxygen atoms in total. The molecule has 134 valence electrons. The fraction of sp³-hybridized carbons (Fsp3) is 0.500. The molecular weight excluding hydrogens is 350 g/mol. The van der Waals surface area contributed by atoms with Gasteiger partial charge in [-0.25, -0.2) is 4.98 Å². The minimum atomic E-state index is 0.294. The lowest BCUT2D eigenvalue weighted by Crippen LogP contribution is -2.29. The van der Waals surface area contributed by atoms with Crippen molar-refractivity contribution in [2.24, 2.45) is 4.99 Å². The van der Waals surface area contributed by atoms with E-state index in [-0.39, 0.29) is 0 Å². The second-order valence-corrected chi connectivity index (χ2v) is 8.02. The van der Waals surface area contributed by atoms with Crippen molar-refractivity contribution in [3.8, 4) is 10.6 Å². The van der Waals surface area contributed by atoms with Crippen molar-refractivity contribution in [3.63, 3.8) is 0 Å². The zero-order valence-corrected chi connectivity index (χ0v) is 16.6. The SMILES string of the molecule is C=Nc1c(-c2nc(C3CCCCC3)cs2)cccc1N(CCl)C(C)C. The summed E-state index contributed by atoms with van der Waals surface area (Å²) in [6.07, 6.45) is 6.55. The van der Waals surface area contributed by atoms with Crippen molar-refractivity contribution in [1.29, 1.82) is 0 Å². The zero-order valence-electron chi connectivity index (χ0n) is 15.0. The molecule has 0 amide bonds. The number of aromatic nitrogens is 1. The van der Waals surface area contributed by atoms with Crippen LogP contribution in [0.4, 0.5) is 11.4 Å². The van der Waals surface area contributed by atoms with E-state index in [1.807, 2.05) is 0 Å². The summed E-state index contributed by atoms with van der Waals surface area (Å²) >= 11 is 7.89. The van der Waals surface area contributed by atoms with Gasteiger partial charge in [0.15, 0.2) is 0 Å². The molecule has 0 N–H and O–H groups in total. The maximum atomic E-state index is 6.18. The Morgan fingerprint density at radius 2 is 2.08 bits per heavy atom. The molecule has 1 heterocycles. The molecule has 1 aliphatic carbocycles. The number of hydrogen-bond acceptors (Lipinski definition) is 4. The third-order valence-corrected chi connectivity index (χ3v) is 6.16. The number of thiazole rings is 1. The first kappa shape index (κ1) is 18.4. The number of para-hydroxylation sites is 1. The van der Waals surface area contributed by atoms with Crippen LogP contribution in [0.25, 0.3) is 10.6 Å². The van der Waals surface area contributed by atoms with Gasteiger partial charge in [-0.1, -0.05) is 25.3 Å². The number of halogens is 1. The van der Waals surface area contributed by atoms with E-state index in [1.54, 1.807) is 11.3 Å². The van der Waals surface area contributed by atoms with Crippen molar-refractivity contribution in [1.82, 2.24) is 4.98 Å². The normalized spacial score (nSPS) is 15.5. The van der Waals surface area contributed by atoms with Crippen LogP contribution in [-0.2, 0) is 0 Å². The summed E-state index contributed by atoms with van der Waals surface area (Å²) in [5.41, 5.74) is 4.20. The van der Waals surface area contributed by atoms with Crippen LogP contribution in [0.1, 0.15) is 57.6 Å². The first-order valence-corrected chi connectivity index (χ1v) is 10.4. The molecule has 0 radical (unpaired) electrons. The number of rotatable bonds is 6. The lowest BCUT2D eigenvalue weighted by atomic mass is 9.87. The van der Waals surface area contributed by atoms with Gasteiger partial charge in [0, 0.05) is 22.9 Å². The Labute approximate surface area is 159 Å². The van der Waals surface area contributed by atoms with Gasteiger partial charge in [-0.2, -0.15) is 0 Å². The van der Waals surface area contributed by atoms with Gasteiger partial charge in [0.25, 0.3) is 0 Å². The van der Waals surface area contributed by atoms with Crippen molar-refractivity contribution >= 4 is 41.0 Å². The van der Waals surface area contributed by atoms with Crippen LogP contribution in [0.15, 0.2) is 28.6 Å². The van der Waals surface area contributed by atoms with E-state index >= 15 is 0 Å². The number of nitrogens with zero attached hydrogens (tertiary/aromatic N) is 3. The standard InChI is InChI=1S/C20H26ClN3S/c1-14(2)24(13-21)18-11-7-10-16(19(18)22-3)20-23-17(12-25-20)15-8-5-4-6-9-15/h7,10-12,14-15H,3-6,8-9,13H2,1-2H3. The largest absolute Gasteiger partial charge is 0.354 e. The maximum absolute atomic E-state index is 6.18. The summed E-state index contributed by atoms with van der Waals surface area (Å²) in [5, 5.41) is 3.26. The number of anilines is 1. The number of aliphatic imine (C=N–C) groups is 1. The molecule has 0 saturated heterocycles. The molecular formula is C20H26ClN3S. The molecule has 0 bridgehead atoms. The van der Waals surface area contributed by atoms with Gasteiger partial charge in [-0.05, 0) is 45.5 Å². The van der Waals surface area contributed by atoms with Crippen LogP contribution in [-0.4, -0.2) is 23.7 Å². The Kier molecular flexibility index (Phi) is 6.13. The van der Waals surface area contributed by atoms with Crippen LogP contribution in [0.5, 0.6) is 0 Å². The minimum absolute atomic E-state index is 0.294. The third kappa shape index (κ3) is 3.90. The fourth-order valence-corrected chi connectivity index (χ4v) is 4.91. The Hall–Kier alpha value is -1.39. The summed E-state index contributed by atoms with van der Waals surface area (Å²) in [6, 6.07) is 6.93. The highest BCUT2D eigenvalue weighted by atomic mass is 35.5. The quantitative estimate of drug-likeness (QED) is 0.323. The van der Waals surface area contributed by atoms with E-state index in [4.69, 9.17) is 16.6 Å². The zero-order chi connectivity index (χ0) is 17.8. The summed E-state index contributed by atoms with van der Waals surface area (Å²) in [4.78, 5) is 11.4. The average molecular weight is 376 g/mol. The van der Waals surface area contributed by atoms with Crippen LogP contribution in [0, 0.1) is 0 Å². The topological polar surface area (TPSA) is 28.5 Å². The van der Waals surface area contributed by atoms with E-state index < -0.39 is 0 Å². The third-order valence-electron chi connectivity index (χ3n) is 5.01. The lowest BCUT2D eigenvalue weighted by molar-refractivity contribution is 0.438. The molecule has 0 aliphatic heterocycles. The molecule has 0 unspecified atom stereocenters. The van der Waals surface area contributed by atoms with Gasteiger partial charge < -0.3 is 4.90 Å². The average Bonchev–Trinajstić information content (AvgIpc) is 3.12. The Morgan fingerprint density at radius 1 is 1.32 bits per heavy atom. The highest BCUT2D eigenvalue weighted by Gasteiger charge is 2.21. The van der Waals surface area contributed by atoms with E-state index in [9.17, 15) is 0 Å². The molecule has 0 atom stereocenters. The van der Waals surface area contributed by atoms with Gasteiger partial charge in [0.05, 0.1) is 23.1 Å². The number of alkyl halides is 1. The highest BCUT2D eigenvalue weighted by Crippen LogP contribution is 2.42. The van der Waals surface area contributed by atoms with Crippen molar-refractivity contribution in [2.45, 2.75) is 57.9 Å². The van der Waals surface area contributed by atoms with Crippen LogP contribution < -0.4 is 4.90 Å². The molecule has 25 heavy (non-hydrogen) atoms. The van der Waals surface area contributed by atoms with Crippen LogP contribution >= 0.6 is 22.9 Å². The molecule has 1 fully saturated rings. The van der Waals surface area contributed by atoms with Crippen molar-refractivity contribution in [2.75, 3.05) is 10.9 Å². The molecule has 1 aromatic heterocycles. The van der Waals surface area contributed by atoms with Crippen molar-refractivity contribution in [3.05, 3.63) is 29.3 Å². The first-order chi connectivity index (χ1) is 12.2. The molecule has 5 heteroatoms. The summed E-state index contributed by atoms with van der Waals surface area (Å²) in [5.74, 6) is 0.622. The van der Waals surface area contributed by atoms with Gasteiger partial charge in [0.1, 0.15) is 5.01 Å². The van der Waals surface area contributed by atoms with Gasteiger partial charge in [-0.3, -0.25) is 4.99 Å². The van der Waals surface area contributed by atoms with E-state index in [0.29, 0.717) is 18.0 Å². The molecule has 2 aromatic rings. The second kappa shape index (κ2) is 8.33. The summed E-state index contributed by atoms with van der Waals surface area (Å²) in [7, 11) is 0. The van der Waals surface area contributed by atoms with E-state index in [1.165, 1.54) is 37.8 Å². The Bertz CT molecular complexity index is 719. The Balaban J connectivity index is 1.97. The predicted molar refractivity (Wildman–Crippen MR) is 111 cm³/mol. The predicted octanol–water partition coefficient (Wildman–Crippen LogP) is 6.60. The molecule has 3 rings (SSSR count). The summed E-state index contributed by atoms with van der Waals surface area (Å²) < 4.78 is 0. The highest BCUT2D eigenvalue weighted by molar-refractivity contribution is 7.13. The summed E-state index contributed by atoms with van der Waals surface area (Å²) in [6.45, 7) is 8.07. The molecule has 1 saturated carbocycles. The number of benzene rings is 1. The molecule has 1 aliphatic rings. The van der Waals surface area contributed by atoms with Gasteiger partial charge in [0.2, 0.25) is 0 Å². The van der Waals surface area contributed by atoms with Gasteiger partial charge in [-0.15, -0.1) is 22.9 Å². The van der Waals surface area contributed by atoms with Crippen LogP contribution in [0.3, 0.4) is 0 Å². The smallest absolute Gasteiger partial charge is 0.125 e. The van der Waals surface area contributed by atoms with Crippen LogP contribution in [0.2, 0.25) is 0 Å². The molecule has 0 spiro atoms. The molecule has 1 aromatic carbocycles. The van der Waals surface area contributed by atoms with E-state index in [0.717, 1.165) is 21.9 Å². The number of hydrogen-bond donors (Lipinski definition) is 0. The monoisotopic (exact) mass is 375 g/mol.